The van der Waals surface area contributed by atoms with E-state index in [0.29, 0.717) is 31.2 Å². The molecule has 0 bridgehead atoms. The van der Waals surface area contributed by atoms with E-state index in [2.05, 4.69) is 75.1 Å². The fourth-order valence-electron chi connectivity index (χ4n) is 12.7. The van der Waals surface area contributed by atoms with E-state index in [1.165, 1.54) is 54.0 Å². The van der Waals surface area contributed by atoms with Crippen LogP contribution in [0.2, 0.25) is 0 Å². The highest BCUT2D eigenvalue weighted by atomic mass is 32.1. The van der Waals surface area contributed by atoms with E-state index in [9.17, 15) is 59.7 Å². The Hall–Kier alpha value is -15.6. The summed E-state index contributed by atoms with van der Waals surface area (Å²) in [6.07, 6.45) is 3.64. The minimum Gasteiger partial charge on any atom is -0.506 e. The van der Waals surface area contributed by atoms with Gasteiger partial charge in [-0.15, -0.1) is 0 Å². The number of aryl methyl sites for hydroxylation is 1. The van der Waals surface area contributed by atoms with Gasteiger partial charge in [0.05, 0.1) is 26.1 Å². The minimum atomic E-state index is -1.23. The maximum Gasteiger partial charge on any atom is 0.291 e. The van der Waals surface area contributed by atoms with Gasteiger partial charge in [-0.05, 0) is 133 Å². The number of benzene rings is 11. The van der Waals surface area contributed by atoms with Crippen LogP contribution in [0.5, 0.6) is 17.2 Å². The molecule has 5 amide bonds. The smallest absolute Gasteiger partial charge is 0.291 e. The van der Waals surface area contributed by atoms with E-state index in [-0.39, 0.29) is 78.6 Å². The van der Waals surface area contributed by atoms with Crippen LogP contribution >= 0.6 is 36.7 Å². The SMILES string of the molecule is CC1=CC(O)C(O)=C(C(=O)NCc2ccc(-c3ccc(-c4ccccc4)cc3)cc2)O1.Cc1cc(=S)c(O)c(C(=O)NCc2ccc(-c3ccccc3)cc2)o1.O=C(NCc1ccc(-c2ccccc2)cc1)C1=C(O)C(O)C=CO1.O=C(NCc1ccc(-c2ccccc2)cc1)c1cc(=S)c(O)co1.O=C(NCc1ccc(-c2ccccc2)cc1)c1occc(=S)c1O. The molecule has 14 aromatic rings. The highest BCUT2D eigenvalue weighted by Crippen LogP contribution is 2.30. The van der Waals surface area contributed by atoms with Crippen molar-refractivity contribution in [3.63, 3.8) is 0 Å². The fourth-order valence-corrected chi connectivity index (χ4v) is 13.3. The molecule has 2 unspecified atom stereocenters. The Kier molecular flexibility index (Phi) is 32.3. The predicted molar refractivity (Wildman–Crippen MR) is 497 cm³/mol. The van der Waals surface area contributed by atoms with Gasteiger partial charge in [0.1, 0.15) is 30.0 Å². The molecule has 12 N–H and O–H groups in total. The van der Waals surface area contributed by atoms with Crippen LogP contribution in [0.1, 0.15) is 72.2 Å². The lowest BCUT2D eigenvalue weighted by atomic mass is 9.99. The van der Waals surface area contributed by atoms with Crippen LogP contribution in [0, 0.1) is 20.5 Å². The highest BCUT2D eigenvalue weighted by molar-refractivity contribution is 7.72. The molecule has 0 aliphatic carbocycles. The molecule has 5 heterocycles. The van der Waals surface area contributed by atoms with Crippen molar-refractivity contribution in [3.05, 3.63) is 440 Å². The molecule has 25 heteroatoms. The van der Waals surface area contributed by atoms with Gasteiger partial charge in [-0.3, -0.25) is 24.0 Å². The van der Waals surface area contributed by atoms with Crippen LogP contribution in [0.4, 0.5) is 0 Å². The Bertz CT molecular complexity index is 6500. The lowest BCUT2D eigenvalue weighted by molar-refractivity contribution is -0.121. The number of aliphatic hydroxyl groups is 4. The second-order valence-electron chi connectivity index (χ2n) is 28.8. The minimum absolute atomic E-state index is 0.0682. The molecule has 0 spiro atoms. The second kappa shape index (κ2) is 45.1. The third-order valence-corrected chi connectivity index (χ3v) is 20.6. The second-order valence-corrected chi connectivity index (χ2v) is 30.1. The highest BCUT2D eigenvalue weighted by Gasteiger charge is 2.28. The number of aromatic hydroxyl groups is 3. The maximum absolute atomic E-state index is 12.3. The summed E-state index contributed by atoms with van der Waals surface area (Å²) in [4.78, 5) is 60.7. The number of amides is 5. The Balaban J connectivity index is 0.000000146. The first-order chi connectivity index (χ1) is 62.0. The van der Waals surface area contributed by atoms with E-state index in [4.69, 9.17) is 59.4 Å². The Morgan fingerprint density at radius 1 is 0.336 bits per heavy atom. The number of carbonyl (C=O) groups is 5. The molecular formula is C103H87N5O17S3. The molecule has 0 fully saturated rings. The van der Waals surface area contributed by atoms with Gasteiger partial charge in [-0.25, -0.2) is 0 Å². The van der Waals surface area contributed by atoms with Crippen LogP contribution < -0.4 is 26.6 Å². The summed E-state index contributed by atoms with van der Waals surface area (Å²) in [7, 11) is 0. The van der Waals surface area contributed by atoms with E-state index >= 15 is 0 Å². The molecular weight excluding hydrogens is 1680 g/mol. The molecule has 0 saturated heterocycles. The average molecular weight is 1760 g/mol. The molecule has 0 radical (unpaired) electrons. The first-order valence-corrected chi connectivity index (χ1v) is 41.3. The monoisotopic (exact) mass is 1760 g/mol. The number of allylic oxidation sites excluding steroid dienone is 1. The van der Waals surface area contributed by atoms with Crippen molar-refractivity contribution in [2.75, 3.05) is 0 Å². The molecule has 3 aromatic heterocycles. The summed E-state index contributed by atoms with van der Waals surface area (Å²) in [5, 5.41) is 81.3. The van der Waals surface area contributed by atoms with Gasteiger partial charge in [-0.1, -0.05) is 334 Å². The van der Waals surface area contributed by atoms with Crippen molar-refractivity contribution in [3.8, 4) is 84.0 Å². The number of aliphatic hydroxyl groups excluding tert-OH is 4. The zero-order valence-corrected chi connectivity index (χ0v) is 71.5. The molecule has 2 aliphatic rings. The van der Waals surface area contributed by atoms with E-state index in [1.54, 1.807) is 13.8 Å². The van der Waals surface area contributed by atoms with Gasteiger partial charge < -0.3 is 85.1 Å². The van der Waals surface area contributed by atoms with Gasteiger partial charge >= 0.3 is 0 Å². The van der Waals surface area contributed by atoms with Gasteiger partial charge in [0.15, 0.2) is 34.5 Å². The molecule has 2 atom stereocenters. The summed E-state index contributed by atoms with van der Waals surface area (Å²) >= 11 is 14.8. The van der Waals surface area contributed by atoms with Crippen molar-refractivity contribution >= 4 is 66.2 Å². The first-order valence-electron chi connectivity index (χ1n) is 40.1. The molecule has 644 valence electrons. The third kappa shape index (κ3) is 25.8. The standard InChI is InChI=1S/C26H23NO4.C20H17NO3S.C19H17NO4.2C19H15NO3S/c1-17-15-23(28)24(29)25(31-17)26(30)27-16-18-7-9-20(10-8-18)22-13-11-21(12-14-22)19-5-3-2-4-6-19;1-13-11-17(25)18(22)19(24-13)20(23)21-12-14-7-9-16(10-8-14)15-5-3-2-4-6-15;21-16-10-11-24-18(17(16)22)19(23)20-12-13-6-8-15(9-7-13)14-4-2-1-3-5-14;21-16-12-23-17(10-18(16)24)19(22)20-11-13-6-8-15(9-7-13)14-4-2-1-3-5-14;21-17-16(24)10-11-23-18(17)19(22)20-12-13-6-8-15(9-7-13)14-4-2-1-3-5-14/h2-15,23,28-29H,16H2,1H3,(H,27,30);2-11,22H,12H2,1H3,(H,21,23);1-11,16,21-22H,12H2,(H,20,23);1-10,12,21H,11H2,(H,20,22);1-11,21H,12H2,(H,20,22). The predicted octanol–water partition coefficient (Wildman–Crippen LogP) is 20.6. The van der Waals surface area contributed by atoms with Crippen LogP contribution in [-0.2, 0) is 51.8 Å². The van der Waals surface area contributed by atoms with Crippen molar-refractivity contribution < 1.29 is 82.4 Å². The molecule has 0 saturated carbocycles. The van der Waals surface area contributed by atoms with Gasteiger partial charge in [0.2, 0.25) is 23.0 Å². The summed E-state index contributed by atoms with van der Waals surface area (Å²) in [6, 6.07) is 103. The number of nitrogens with one attached hydrogen (secondary N) is 5. The number of rotatable bonds is 21. The summed E-state index contributed by atoms with van der Waals surface area (Å²) in [5.41, 5.74) is 18.2. The van der Waals surface area contributed by atoms with Crippen LogP contribution in [0.15, 0.2) is 388 Å². The molecule has 128 heavy (non-hydrogen) atoms. The zero-order valence-electron chi connectivity index (χ0n) is 69.0. The largest absolute Gasteiger partial charge is 0.506 e. The maximum atomic E-state index is 12.3. The molecule has 2 aliphatic heterocycles. The number of hydrogen-bond acceptors (Lipinski definition) is 20. The molecule has 22 nitrogen and oxygen atoms in total. The van der Waals surface area contributed by atoms with Gasteiger partial charge in [0.25, 0.3) is 29.5 Å². The van der Waals surface area contributed by atoms with E-state index in [0.717, 1.165) is 89.7 Å². The Labute approximate surface area is 752 Å². The first kappa shape index (κ1) is 91.6. The Morgan fingerprint density at radius 2 is 0.648 bits per heavy atom. The van der Waals surface area contributed by atoms with Crippen molar-refractivity contribution in [2.45, 2.75) is 58.8 Å². The normalized spacial score (nSPS) is 12.9. The number of carbonyl (C=O) groups excluding carboxylic acids is 5. The van der Waals surface area contributed by atoms with Crippen LogP contribution in [0.3, 0.4) is 0 Å². The molecule has 16 rings (SSSR count). The van der Waals surface area contributed by atoms with Crippen LogP contribution in [0.25, 0.3) is 66.8 Å². The van der Waals surface area contributed by atoms with Gasteiger partial charge in [0, 0.05) is 38.8 Å². The quantitative estimate of drug-likeness (QED) is 0.0297. The fraction of sp³-hybridized carbons (Fsp3) is 0.0874. The summed E-state index contributed by atoms with van der Waals surface area (Å²) in [5.74, 6) is -4.31. The lowest BCUT2D eigenvalue weighted by Crippen LogP contribution is -2.30. The summed E-state index contributed by atoms with van der Waals surface area (Å²) < 4.78 is 26.1. The third-order valence-electron chi connectivity index (χ3n) is 19.7. The zero-order chi connectivity index (χ0) is 90.4. The lowest BCUT2D eigenvalue weighted by Gasteiger charge is -2.19. The topological polar surface area (TPSA) is 345 Å². The van der Waals surface area contributed by atoms with Crippen LogP contribution in [-0.4, -0.2) is 77.5 Å². The number of hydrogen-bond donors (Lipinski definition) is 12. The molecule has 11 aromatic carbocycles. The van der Waals surface area contributed by atoms with Gasteiger partial charge in [-0.2, -0.15) is 0 Å². The summed E-state index contributed by atoms with van der Waals surface area (Å²) in [6.45, 7) is 4.85. The van der Waals surface area contributed by atoms with Crippen molar-refractivity contribution in [1.82, 2.24) is 26.6 Å². The Morgan fingerprint density at radius 3 is 1.02 bits per heavy atom. The van der Waals surface area contributed by atoms with E-state index < -0.39 is 47.4 Å². The number of ether oxygens (including phenoxy) is 2. The average Bonchev–Trinajstić information content (AvgIpc) is 0.805. The van der Waals surface area contributed by atoms with Crippen molar-refractivity contribution in [1.29, 1.82) is 0 Å². The van der Waals surface area contributed by atoms with Crippen molar-refractivity contribution in [2.24, 2.45) is 0 Å². The van der Waals surface area contributed by atoms with E-state index in [1.807, 2.05) is 249 Å².